The Morgan fingerprint density at radius 2 is 1.88 bits per heavy atom. The summed E-state index contributed by atoms with van der Waals surface area (Å²) >= 11 is 6.15. The number of aryl methyl sites for hydroxylation is 1. The second kappa shape index (κ2) is 7.19. The van der Waals surface area contributed by atoms with Crippen molar-refractivity contribution >= 4 is 28.5 Å². The highest BCUT2D eigenvalue weighted by molar-refractivity contribution is 6.31. The summed E-state index contributed by atoms with van der Waals surface area (Å²) in [6.45, 7) is 4.63. The Balaban J connectivity index is 2.13. The van der Waals surface area contributed by atoms with Gasteiger partial charge in [0.15, 0.2) is 0 Å². The van der Waals surface area contributed by atoms with E-state index < -0.39 is 0 Å². The number of methoxy groups -OCH3 is 1. The fourth-order valence-electron chi connectivity index (χ4n) is 3.03. The SMILES string of the molecule is CCOC(=O)c1c(C)c2cc(Cl)ccc2n1Cc1ccc(OC)cc1. The maximum absolute atomic E-state index is 12.5. The molecule has 0 saturated carbocycles. The van der Waals surface area contributed by atoms with Gasteiger partial charge >= 0.3 is 5.97 Å². The molecule has 0 N–H and O–H groups in total. The van der Waals surface area contributed by atoms with Gasteiger partial charge in [0, 0.05) is 22.5 Å². The third-order valence-corrected chi connectivity index (χ3v) is 4.48. The number of fused-ring (bicyclic) bond motifs is 1. The average Bonchev–Trinajstić information content (AvgIpc) is 2.87. The lowest BCUT2D eigenvalue weighted by atomic mass is 10.1. The summed E-state index contributed by atoms with van der Waals surface area (Å²) in [5.41, 5.74) is 3.47. The fraction of sp³-hybridized carbons (Fsp3) is 0.250. The van der Waals surface area contributed by atoms with Crippen LogP contribution in [0.1, 0.15) is 28.5 Å². The number of halogens is 1. The van der Waals surface area contributed by atoms with Crippen LogP contribution in [-0.4, -0.2) is 24.3 Å². The van der Waals surface area contributed by atoms with Gasteiger partial charge in [0.2, 0.25) is 0 Å². The lowest BCUT2D eigenvalue weighted by Gasteiger charge is -2.11. The molecule has 3 rings (SSSR count). The summed E-state index contributed by atoms with van der Waals surface area (Å²) in [5.74, 6) is 0.482. The molecule has 0 bridgehead atoms. The number of aromatic nitrogens is 1. The van der Waals surface area contributed by atoms with Crippen molar-refractivity contribution in [1.82, 2.24) is 4.57 Å². The highest BCUT2D eigenvalue weighted by Crippen LogP contribution is 2.30. The third-order valence-electron chi connectivity index (χ3n) is 4.25. The Labute approximate surface area is 151 Å². The molecule has 4 nitrogen and oxygen atoms in total. The van der Waals surface area contributed by atoms with Crippen LogP contribution in [0, 0.1) is 6.92 Å². The molecule has 0 aliphatic heterocycles. The van der Waals surface area contributed by atoms with Crippen molar-refractivity contribution in [3.63, 3.8) is 0 Å². The summed E-state index contributed by atoms with van der Waals surface area (Å²) in [6.07, 6.45) is 0. The van der Waals surface area contributed by atoms with E-state index in [1.165, 1.54) is 0 Å². The van der Waals surface area contributed by atoms with Crippen LogP contribution in [0.5, 0.6) is 5.75 Å². The van der Waals surface area contributed by atoms with Gasteiger partial charge < -0.3 is 14.0 Å². The summed E-state index contributed by atoms with van der Waals surface area (Å²) in [5, 5.41) is 1.61. The van der Waals surface area contributed by atoms with Crippen molar-refractivity contribution in [2.45, 2.75) is 20.4 Å². The minimum atomic E-state index is -0.319. The molecule has 3 aromatic rings. The molecule has 25 heavy (non-hydrogen) atoms. The van der Waals surface area contributed by atoms with Crippen LogP contribution < -0.4 is 4.74 Å². The quantitative estimate of drug-likeness (QED) is 0.613. The smallest absolute Gasteiger partial charge is 0.355 e. The monoisotopic (exact) mass is 357 g/mol. The van der Waals surface area contributed by atoms with Crippen LogP contribution in [0.15, 0.2) is 42.5 Å². The summed E-state index contributed by atoms with van der Waals surface area (Å²) in [7, 11) is 1.64. The van der Waals surface area contributed by atoms with Gasteiger partial charge in [-0.25, -0.2) is 4.79 Å². The zero-order valence-electron chi connectivity index (χ0n) is 14.5. The van der Waals surface area contributed by atoms with Crippen LogP contribution in [0.25, 0.3) is 10.9 Å². The Morgan fingerprint density at radius 1 is 1.16 bits per heavy atom. The van der Waals surface area contributed by atoms with Crippen LogP contribution >= 0.6 is 11.6 Å². The van der Waals surface area contributed by atoms with Crippen molar-refractivity contribution in [1.29, 1.82) is 0 Å². The van der Waals surface area contributed by atoms with E-state index in [1.807, 2.05) is 54.0 Å². The number of hydrogen-bond donors (Lipinski definition) is 0. The Kier molecular flexibility index (Phi) is 5.00. The van der Waals surface area contributed by atoms with E-state index in [1.54, 1.807) is 14.0 Å². The fourth-order valence-corrected chi connectivity index (χ4v) is 3.21. The van der Waals surface area contributed by atoms with Gasteiger partial charge in [-0.3, -0.25) is 0 Å². The van der Waals surface area contributed by atoms with Gasteiger partial charge in [-0.1, -0.05) is 23.7 Å². The van der Waals surface area contributed by atoms with Gasteiger partial charge in [-0.15, -0.1) is 0 Å². The van der Waals surface area contributed by atoms with Gasteiger partial charge in [-0.05, 0) is 55.3 Å². The van der Waals surface area contributed by atoms with E-state index >= 15 is 0 Å². The Morgan fingerprint density at radius 3 is 2.52 bits per heavy atom. The maximum Gasteiger partial charge on any atom is 0.355 e. The van der Waals surface area contributed by atoms with E-state index in [-0.39, 0.29) is 5.97 Å². The standard InChI is InChI=1S/C20H20ClNO3/c1-4-25-20(23)19-13(2)17-11-15(21)7-10-18(17)22(19)12-14-5-8-16(24-3)9-6-14/h5-11H,4,12H2,1-3H3. The molecule has 1 heterocycles. The van der Waals surface area contributed by atoms with Crippen molar-refractivity contribution in [2.75, 3.05) is 13.7 Å². The summed E-state index contributed by atoms with van der Waals surface area (Å²) in [6, 6.07) is 13.5. The molecule has 130 valence electrons. The maximum atomic E-state index is 12.5. The molecule has 0 unspecified atom stereocenters. The molecule has 0 fully saturated rings. The van der Waals surface area contributed by atoms with Crippen LogP contribution in [0.4, 0.5) is 0 Å². The molecule has 0 amide bonds. The van der Waals surface area contributed by atoms with Crippen LogP contribution in [0.3, 0.4) is 0 Å². The van der Waals surface area contributed by atoms with Crippen LogP contribution in [-0.2, 0) is 11.3 Å². The first-order chi connectivity index (χ1) is 12.0. The molecule has 0 spiro atoms. The molecule has 0 aliphatic rings. The van der Waals surface area contributed by atoms with Gasteiger partial charge in [0.05, 0.1) is 13.7 Å². The topological polar surface area (TPSA) is 40.5 Å². The first-order valence-corrected chi connectivity index (χ1v) is 8.51. The highest BCUT2D eigenvalue weighted by atomic mass is 35.5. The number of nitrogens with zero attached hydrogens (tertiary/aromatic N) is 1. The minimum Gasteiger partial charge on any atom is -0.497 e. The molecule has 1 aromatic heterocycles. The molecule has 0 aliphatic carbocycles. The van der Waals surface area contributed by atoms with E-state index in [0.717, 1.165) is 27.8 Å². The van der Waals surface area contributed by atoms with Gasteiger partial charge in [0.1, 0.15) is 11.4 Å². The molecule has 5 heteroatoms. The van der Waals surface area contributed by atoms with Gasteiger partial charge in [0.25, 0.3) is 0 Å². The predicted molar refractivity (Wildman–Crippen MR) is 99.7 cm³/mol. The molecule has 0 radical (unpaired) electrons. The molecular formula is C20H20ClNO3. The normalized spacial score (nSPS) is 10.9. The lowest BCUT2D eigenvalue weighted by molar-refractivity contribution is 0.0514. The number of hydrogen-bond acceptors (Lipinski definition) is 3. The van der Waals surface area contributed by atoms with Gasteiger partial charge in [-0.2, -0.15) is 0 Å². The van der Waals surface area contributed by atoms with E-state index in [9.17, 15) is 4.79 Å². The molecular weight excluding hydrogens is 338 g/mol. The molecule has 2 aromatic carbocycles. The molecule has 0 atom stereocenters. The second-order valence-electron chi connectivity index (χ2n) is 5.79. The minimum absolute atomic E-state index is 0.319. The first kappa shape index (κ1) is 17.4. The van der Waals surface area contributed by atoms with E-state index in [4.69, 9.17) is 21.1 Å². The number of carbonyl (C=O) groups excluding carboxylic acids is 1. The van der Waals surface area contributed by atoms with Crippen molar-refractivity contribution < 1.29 is 14.3 Å². The number of benzene rings is 2. The molecule has 0 saturated heterocycles. The highest BCUT2D eigenvalue weighted by Gasteiger charge is 2.21. The predicted octanol–water partition coefficient (Wildman–Crippen LogP) is 4.84. The number of esters is 1. The first-order valence-electron chi connectivity index (χ1n) is 8.13. The second-order valence-corrected chi connectivity index (χ2v) is 6.23. The summed E-state index contributed by atoms with van der Waals surface area (Å²) in [4.78, 5) is 12.5. The number of ether oxygens (including phenoxy) is 2. The summed E-state index contributed by atoms with van der Waals surface area (Å²) < 4.78 is 12.5. The zero-order valence-corrected chi connectivity index (χ0v) is 15.3. The van der Waals surface area contributed by atoms with E-state index in [0.29, 0.717) is 23.9 Å². The average molecular weight is 358 g/mol. The Bertz CT molecular complexity index is 913. The van der Waals surface area contributed by atoms with Crippen molar-refractivity contribution in [2.24, 2.45) is 0 Å². The largest absolute Gasteiger partial charge is 0.497 e. The number of rotatable bonds is 5. The van der Waals surface area contributed by atoms with E-state index in [2.05, 4.69) is 0 Å². The van der Waals surface area contributed by atoms with Crippen molar-refractivity contribution in [3.05, 3.63) is 64.3 Å². The van der Waals surface area contributed by atoms with Crippen molar-refractivity contribution in [3.8, 4) is 5.75 Å². The lowest BCUT2D eigenvalue weighted by Crippen LogP contribution is -2.14. The number of carbonyl (C=O) groups is 1. The third kappa shape index (κ3) is 3.35. The van der Waals surface area contributed by atoms with Crippen LogP contribution in [0.2, 0.25) is 5.02 Å². The Hall–Kier alpha value is -2.46. The zero-order chi connectivity index (χ0) is 18.0.